The van der Waals surface area contributed by atoms with Crippen LogP contribution in [0.2, 0.25) is 0 Å². The first-order valence-electron chi connectivity index (χ1n) is 7.13. The summed E-state index contributed by atoms with van der Waals surface area (Å²) >= 11 is 1.63. The van der Waals surface area contributed by atoms with Gasteiger partial charge in [-0.25, -0.2) is 4.79 Å². The van der Waals surface area contributed by atoms with E-state index in [1.54, 1.807) is 28.2 Å². The standard InChI is InChI=1S/C15H24N2O3S/c1-11(2)17(9-5-8-14(18)19)15(20)16(4)12(3)13-7-6-10-21-13/h6-7,10-12H,5,8-9H2,1-4H3,(H,18,19). The molecular weight excluding hydrogens is 288 g/mol. The van der Waals surface area contributed by atoms with Crippen molar-refractivity contribution < 1.29 is 14.7 Å². The van der Waals surface area contributed by atoms with Gasteiger partial charge in [-0.05, 0) is 38.6 Å². The van der Waals surface area contributed by atoms with Gasteiger partial charge in [-0.2, -0.15) is 0 Å². The fourth-order valence-corrected chi connectivity index (χ4v) is 2.89. The average Bonchev–Trinajstić information content (AvgIpc) is 2.94. The number of nitrogens with zero attached hydrogens (tertiary/aromatic N) is 2. The van der Waals surface area contributed by atoms with E-state index in [1.807, 2.05) is 38.3 Å². The number of carbonyl (C=O) groups excluding carboxylic acids is 1. The van der Waals surface area contributed by atoms with E-state index in [9.17, 15) is 9.59 Å². The number of hydrogen-bond donors (Lipinski definition) is 1. The normalized spacial score (nSPS) is 12.2. The van der Waals surface area contributed by atoms with Crippen LogP contribution in [0.5, 0.6) is 0 Å². The Kier molecular flexibility index (Phi) is 6.68. The number of carboxylic acids is 1. The maximum atomic E-state index is 12.6. The van der Waals surface area contributed by atoms with Gasteiger partial charge in [0.1, 0.15) is 0 Å². The first-order valence-corrected chi connectivity index (χ1v) is 8.01. The van der Waals surface area contributed by atoms with Gasteiger partial charge in [0, 0.05) is 30.9 Å². The van der Waals surface area contributed by atoms with Crippen molar-refractivity contribution in [2.75, 3.05) is 13.6 Å². The highest BCUT2D eigenvalue weighted by atomic mass is 32.1. The predicted octanol–water partition coefficient (Wildman–Crippen LogP) is 3.44. The number of amides is 2. The molecule has 0 saturated heterocycles. The van der Waals surface area contributed by atoms with Gasteiger partial charge in [0.15, 0.2) is 0 Å². The van der Waals surface area contributed by atoms with Gasteiger partial charge in [-0.15, -0.1) is 11.3 Å². The van der Waals surface area contributed by atoms with E-state index in [0.717, 1.165) is 4.88 Å². The van der Waals surface area contributed by atoms with Gasteiger partial charge in [-0.3, -0.25) is 4.79 Å². The minimum absolute atomic E-state index is 0.0122. The van der Waals surface area contributed by atoms with Crippen LogP contribution in [0.25, 0.3) is 0 Å². The molecule has 0 bridgehead atoms. The average molecular weight is 312 g/mol. The van der Waals surface area contributed by atoms with E-state index in [4.69, 9.17) is 5.11 Å². The lowest BCUT2D eigenvalue weighted by Crippen LogP contribution is -2.46. The summed E-state index contributed by atoms with van der Waals surface area (Å²) < 4.78 is 0. The Balaban J connectivity index is 2.68. The van der Waals surface area contributed by atoms with Crippen LogP contribution in [-0.2, 0) is 4.79 Å². The van der Waals surface area contributed by atoms with Crippen LogP contribution in [0.15, 0.2) is 17.5 Å². The Morgan fingerprint density at radius 2 is 2.00 bits per heavy atom. The van der Waals surface area contributed by atoms with Crippen LogP contribution >= 0.6 is 11.3 Å². The van der Waals surface area contributed by atoms with Gasteiger partial charge in [0.05, 0.1) is 6.04 Å². The molecule has 0 aromatic carbocycles. The monoisotopic (exact) mass is 312 g/mol. The minimum atomic E-state index is -0.827. The molecule has 6 heteroatoms. The Morgan fingerprint density at radius 1 is 1.33 bits per heavy atom. The highest BCUT2D eigenvalue weighted by Gasteiger charge is 2.25. The number of thiophene rings is 1. The third-order valence-corrected chi connectivity index (χ3v) is 4.54. The molecule has 1 unspecified atom stereocenters. The lowest BCUT2D eigenvalue weighted by Gasteiger charge is -2.34. The van der Waals surface area contributed by atoms with E-state index >= 15 is 0 Å². The summed E-state index contributed by atoms with van der Waals surface area (Å²) in [4.78, 5) is 27.8. The molecule has 1 aromatic heterocycles. The van der Waals surface area contributed by atoms with E-state index in [2.05, 4.69) is 0 Å². The van der Waals surface area contributed by atoms with Crippen LogP contribution in [0.3, 0.4) is 0 Å². The molecule has 118 valence electrons. The third kappa shape index (κ3) is 5.04. The van der Waals surface area contributed by atoms with E-state index in [1.165, 1.54) is 0 Å². The van der Waals surface area contributed by atoms with E-state index in [0.29, 0.717) is 13.0 Å². The molecular formula is C15H24N2O3S. The molecule has 1 rings (SSSR count). The second-order valence-corrected chi connectivity index (χ2v) is 6.35. The molecule has 0 aliphatic heterocycles. The number of aliphatic carboxylic acids is 1. The van der Waals surface area contributed by atoms with Crippen molar-refractivity contribution in [1.82, 2.24) is 9.80 Å². The molecule has 0 radical (unpaired) electrons. The minimum Gasteiger partial charge on any atom is -0.481 e. The number of rotatable bonds is 7. The number of hydrogen-bond acceptors (Lipinski definition) is 3. The molecule has 2 amide bonds. The van der Waals surface area contributed by atoms with Crippen LogP contribution in [-0.4, -0.2) is 46.5 Å². The Labute approximate surface area is 130 Å². The summed E-state index contributed by atoms with van der Waals surface area (Å²) in [5.41, 5.74) is 0. The summed E-state index contributed by atoms with van der Waals surface area (Å²) in [5.74, 6) is -0.827. The molecule has 0 aliphatic carbocycles. The molecule has 0 saturated carbocycles. The fourth-order valence-electron chi connectivity index (χ4n) is 2.06. The third-order valence-electron chi connectivity index (χ3n) is 3.50. The lowest BCUT2D eigenvalue weighted by molar-refractivity contribution is -0.137. The highest BCUT2D eigenvalue weighted by Crippen LogP contribution is 2.24. The van der Waals surface area contributed by atoms with E-state index < -0.39 is 5.97 Å². The number of carbonyl (C=O) groups is 2. The largest absolute Gasteiger partial charge is 0.481 e. The maximum Gasteiger partial charge on any atom is 0.320 e. The molecule has 0 aliphatic rings. The summed E-state index contributed by atoms with van der Waals surface area (Å²) in [6.07, 6.45) is 0.557. The lowest BCUT2D eigenvalue weighted by atomic mass is 10.2. The Morgan fingerprint density at radius 3 is 2.48 bits per heavy atom. The van der Waals surface area contributed by atoms with Gasteiger partial charge >= 0.3 is 12.0 Å². The molecule has 0 spiro atoms. The van der Waals surface area contributed by atoms with Crippen molar-refractivity contribution in [1.29, 1.82) is 0 Å². The van der Waals surface area contributed by atoms with Crippen molar-refractivity contribution in [2.45, 2.75) is 45.7 Å². The quantitative estimate of drug-likeness (QED) is 0.839. The van der Waals surface area contributed by atoms with E-state index in [-0.39, 0.29) is 24.5 Å². The summed E-state index contributed by atoms with van der Waals surface area (Å²) in [6, 6.07) is 3.99. The van der Waals surface area contributed by atoms with Crippen molar-refractivity contribution in [2.24, 2.45) is 0 Å². The SMILES string of the molecule is CC(c1cccs1)N(C)C(=O)N(CCCC(=O)O)C(C)C. The van der Waals surface area contributed by atoms with Crippen molar-refractivity contribution >= 4 is 23.3 Å². The Hall–Kier alpha value is -1.56. The van der Waals surface area contributed by atoms with Crippen molar-refractivity contribution in [3.8, 4) is 0 Å². The topological polar surface area (TPSA) is 60.9 Å². The van der Waals surface area contributed by atoms with Gasteiger partial charge in [0.2, 0.25) is 0 Å². The van der Waals surface area contributed by atoms with Gasteiger partial charge in [-0.1, -0.05) is 6.07 Å². The van der Waals surface area contributed by atoms with Crippen LogP contribution in [0, 0.1) is 0 Å². The zero-order valence-electron chi connectivity index (χ0n) is 13.1. The van der Waals surface area contributed by atoms with Gasteiger partial charge < -0.3 is 14.9 Å². The molecule has 5 nitrogen and oxygen atoms in total. The first kappa shape index (κ1) is 17.5. The van der Waals surface area contributed by atoms with Crippen LogP contribution in [0.1, 0.15) is 44.5 Å². The molecule has 0 fully saturated rings. The van der Waals surface area contributed by atoms with Crippen LogP contribution in [0.4, 0.5) is 4.79 Å². The van der Waals surface area contributed by atoms with Gasteiger partial charge in [0.25, 0.3) is 0 Å². The predicted molar refractivity (Wildman–Crippen MR) is 84.6 cm³/mol. The molecule has 21 heavy (non-hydrogen) atoms. The first-order chi connectivity index (χ1) is 9.84. The Bertz CT molecular complexity index is 459. The molecule has 1 heterocycles. The van der Waals surface area contributed by atoms with Crippen LogP contribution < -0.4 is 0 Å². The fraction of sp³-hybridized carbons (Fsp3) is 0.600. The summed E-state index contributed by atoms with van der Waals surface area (Å²) in [6.45, 7) is 6.36. The molecule has 1 atom stereocenters. The second kappa shape index (κ2) is 8.02. The zero-order valence-corrected chi connectivity index (χ0v) is 13.9. The highest BCUT2D eigenvalue weighted by molar-refractivity contribution is 7.10. The van der Waals surface area contributed by atoms with Crippen molar-refractivity contribution in [3.63, 3.8) is 0 Å². The smallest absolute Gasteiger partial charge is 0.320 e. The maximum absolute atomic E-state index is 12.6. The van der Waals surface area contributed by atoms with Crippen molar-refractivity contribution in [3.05, 3.63) is 22.4 Å². The summed E-state index contributed by atoms with van der Waals surface area (Å²) in [5, 5.41) is 10.7. The molecule has 1 N–H and O–H groups in total. The second-order valence-electron chi connectivity index (χ2n) is 5.37. The summed E-state index contributed by atoms with van der Waals surface area (Å²) in [7, 11) is 1.79. The number of carboxylic acid groups (broad SMARTS) is 1. The molecule has 1 aromatic rings. The number of urea groups is 1. The zero-order chi connectivity index (χ0) is 16.0.